The maximum atomic E-state index is 13.1. The zero-order valence-corrected chi connectivity index (χ0v) is 10.2. The number of fused-ring (bicyclic) bond motifs is 1. The van der Waals surface area contributed by atoms with E-state index in [0.29, 0.717) is 18.4 Å². The number of amides is 1. The maximum absolute atomic E-state index is 13.1. The van der Waals surface area contributed by atoms with Gasteiger partial charge in [-0.3, -0.25) is 9.78 Å². The molecule has 0 fully saturated rings. The Hall–Kier alpha value is -1.45. The quantitative estimate of drug-likeness (QED) is 0.853. The van der Waals surface area contributed by atoms with Crippen molar-refractivity contribution in [2.45, 2.75) is 32.6 Å². The second-order valence-corrected chi connectivity index (χ2v) is 4.83. The summed E-state index contributed by atoms with van der Waals surface area (Å²) < 4.78 is 13.1. The molecule has 1 aromatic heterocycles. The molecule has 0 spiro atoms. The lowest BCUT2D eigenvalue weighted by Gasteiger charge is -2.28. The van der Waals surface area contributed by atoms with Gasteiger partial charge >= 0.3 is 0 Å². The Morgan fingerprint density at radius 1 is 1.65 bits per heavy atom. The first-order chi connectivity index (χ1) is 8.06. The van der Waals surface area contributed by atoms with Gasteiger partial charge in [-0.25, -0.2) is 4.39 Å². The molecule has 0 radical (unpaired) electrons. The summed E-state index contributed by atoms with van der Waals surface area (Å²) in [5.41, 5.74) is 1.99. The second kappa shape index (κ2) is 4.82. The van der Waals surface area contributed by atoms with Crippen molar-refractivity contribution in [3.8, 4) is 0 Å². The third kappa shape index (κ3) is 2.81. The first kappa shape index (κ1) is 12.0. The van der Waals surface area contributed by atoms with E-state index in [2.05, 4.69) is 17.2 Å². The monoisotopic (exact) mass is 236 g/mol. The van der Waals surface area contributed by atoms with E-state index in [4.69, 9.17) is 0 Å². The molecule has 0 aliphatic heterocycles. The van der Waals surface area contributed by atoms with E-state index in [9.17, 15) is 9.18 Å². The molecule has 1 heterocycles. The molecule has 0 saturated carbocycles. The van der Waals surface area contributed by atoms with E-state index < -0.39 is 0 Å². The van der Waals surface area contributed by atoms with Crippen LogP contribution in [0.4, 0.5) is 4.39 Å². The highest BCUT2D eigenvalue weighted by Crippen LogP contribution is 2.33. The number of nitrogens with one attached hydrogen (secondary N) is 1. The maximum Gasteiger partial charge on any atom is 0.216 e. The molecule has 1 amide bonds. The van der Waals surface area contributed by atoms with Gasteiger partial charge in [0.05, 0.1) is 6.20 Å². The summed E-state index contributed by atoms with van der Waals surface area (Å²) in [6.45, 7) is 4.28. The standard InChI is InChI=1S/C13H17FN2O/c1-8-3-10(6-15-9(2)17)4-13-12(8)5-11(14)7-16-13/h5,7-8,10H,3-4,6H2,1-2H3,(H,15,17). The average molecular weight is 236 g/mol. The minimum Gasteiger partial charge on any atom is -0.356 e. The molecule has 1 aliphatic rings. The van der Waals surface area contributed by atoms with Crippen LogP contribution in [-0.4, -0.2) is 17.4 Å². The van der Waals surface area contributed by atoms with Crippen LogP contribution in [0.15, 0.2) is 12.3 Å². The molecule has 0 bridgehead atoms. The van der Waals surface area contributed by atoms with E-state index in [1.54, 1.807) is 6.07 Å². The summed E-state index contributed by atoms with van der Waals surface area (Å²) >= 11 is 0. The van der Waals surface area contributed by atoms with Crippen LogP contribution >= 0.6 is 0 Å². The van der Waals surface area contributed by atoms with Gasteiger partial charge in [0.1, 0.15) is 5.82 Å². The predicted octanol–water partition coefficient (Wildman–Crippen LogP) is 2.02. The fourth-order valence-corrected chi connectivity index (χ4v) is 2.51. The fraction of sp³-hybridized carbons (Fsp3) is 0.538. The molecule has 17 heavy (non-hydrogen) atoms. The van der Waals surface area contributed by atoms with Crippen LogP contribution in [0.5, 0.6) is 0 Å². The van der Waals surface area contributed by atoms with Gasteiger partial charge < -0.3 is 5.32 Å². The number of halogens is 1. The van der Waals surface area contributed by atoms with Crippen molar-refractivity contribution in [1.29, 1.82) is 0 Å². The molecular formula is C13H17FN2O. The molecule has 0 aromatic carbocycles. The van der Waals surface area contributed by atoms with Crippen LogP contribution in [0.1, 0.15) is 37.4 Å². The molecule has 1 N–H and O–H groups in total. The third-order valence-corrected chi connectivity index (χ3v) is 3.31. The highest BCUT2D eigenvalue weighted by molar-refractivity contribution is 5.72. The van der Waals surface area contributed by atoms with Crippen LogP contribution in [0.2, 0.25) is 0 Å². The lowest BCUT2D eigenvalue weighted by molar-refractivity contribution is -0.119. The third-order valence-electron chi connectivity index (χ3n) is 3.31. The largest absolute Gasteiger partial charge is 0.356 e. The number of nitrogens with zero attached hydrogens (tertiary/aromatic N) is 1. The van der Waals surface area contributed by atoms with Gasteiger partial charge in [0.15, 0.2) is 0 Å². The SMILES string of the molecule is CC(=O)NCC1Cc2ncc(F)cc2C(C)C1. The van der Waals surface area contributed by atoms with Crippen molar-refractivity contribution in [3.63, 3.8) is 0 Å². The topological polar surface area (TPSA) is 42.0 Å². The zero-order valence-electron chi connectivity index (χ0n) is 10.2. The normalized spacial score (nSPS) is 23.0. The lowest BCUT2D eigenvalue weighted by atomic mass is 9.80. The number of carbonyl (C=O) groups is 1. The minimum atomic E-state index is -0.268. The van der Waals surface area contributed by atoms with Crippen molar-refractivity contribution in [2.24, 2.45) is 5.92 Å². The van der Waals surface area contributed by atoms with Gasteiger partial charge in [-0.15, -0.1) is 0 Å². The fourth-order valence-electron chi connectivity index (χ4n) is 2.51. The molecule has 4 heteroatoms. The van der Waals surface area contributed by atoms with E-state index in [-0.39, 0.29) is 11.7 Å². The highest BCUT2D eigenvalue weighted by Gasteiger charge is 2.25. The second-order valence-electron chi connectivity index (χ2n) is 4.83. The van der Waals surface area contributed by atoms with Crippen molar-refractivity contribution in [3.05, 3.63) is 29.3 Å². The molecule has 2 unspecified atom stereocenters. The Bertz CT molecular complexity index is 433. The molecule has 3 nitrogen and oxygen atoms in total. The number of aromatic nitrogens is 1. The Labute approximate surface area is 100 Å². The van der Waals surface area contributed by atoms with Gasteiger partial charge in [0.25, 0.3) is 0 Å². The number of carbonyl (C=O) groups excluding carboxylic acids is 1. The summed E-state index contributed by atoms with van der Waals surface area (Å²) in [6, 6.07) is 1.58. The van der Waals surface area contributed by atoms with E-state index >= 15 is 0 Å². The van der Waals surface area contributed by atoms with Gasteiger partial charge in [-0.1, -0.05) is 6.92 Å². The molecule has 2 rings (SSSR count). The van der Waals surface area contributed by atoms with Crippen LogP contribution in [0, 0.1) is 11.7 Å². The molecule has 0 saturated heterocycles. The van der Waals surface area contributed by atoms with Crippen molar-refractivity contribution in [1.82, 2.24) is 10.3 Å². The Balaban J connectivity index is 2.10. The first-order valence-corrected chi connectivity index (χ1v) is 5.95. The zero-order chi connectivity index (χ0) is 12.4. The van der Waals surface area contributed by atoms with E-state index in [1.165, 1.54) is 13.1 Å². The number of hydrogen-bond acceptors (Lipinski definition) is 2. The summed E-state index contributed by atoms with van der Waals surface area (Å²) in [5, 5.41) is 2.84. The molecule has 2 atom stereocenters. The lowest BCUT2D eigenvalue weighted by Crippen LogP contribution is -2.31. The van der Waals surface area contributed by atoms with Crippen LogP contribution in [0.25, 0.3) is 0 Å². The summed E-state index contributed by atoms with van der Waals surface area (Å²) in [6.07, 6.45) is 3.06. The van der Waals surface area contributed by atoms with E-state index in [0.717, 1.165) is 24.1 Å². The van der Waals surface area contributed by atoms with Gasteiger partial charge in [-0.2, -0.15) is 0 Å². The number of pyridine rings is 1. The van der Waals surface area contributed by atoms with Crippen LogP contribution in [-0.2, 0) is 11.2 Å². The first-order valence-electron chi connectivity index (χ1n) is 5.95. The predicted molar refractivity (Wildman–Crippen MR) is 63.1 cm³/mol. The minimum absolute atomic E-state index is 0.00415. The van der Waals surface area contributed by atoms with Gasteiger partial charge in [0, 0.05) is 19.2 Å². The molecular weight excluding hydrogens is 219 g/mol. The van der Waals surface area contributed by atoms with Crippen molar-refractivity contribution < 1.29 is 9.18 Å². The molecule has 1 aliphatic carbocycles. The van der Waals surface area contributed by atoms with E-state index in [1.807, 2.05) is 0 Å². The van der Waals surface area contributed by atoms with Gasteiger partial charge in [0.2, 0.25) is 5.91 Å². The smallest absolute Gasteiger partial charge is 0.216 e. The summed E-state index contributed by atoms with van der Waals surface area (Å²) in [5.74, 6) is 0.437. The Kier molecular flexibility index (Phi) is 3.41. The molecule has 92 valence electrons. The number of rotatable bonds is 2. The number of hydrogen-bond donors (Lipinski definition) is 1. The van der Waals surface area contributed by atoms with Crippen molar-refractivity contribution >= 4 is 5.91 Å². The summed E-state index contributed by atoms with van der Waals surface area (Å²) in [4.78, 5) is 15.0. The Morgan fingerprint density at radius 2 is 2.41 bits per heavy atom. The van der Waals surface area contributed by atoms with Crippen LogP contribution < -0.4 is 5.32 Å². The van der Waals surface area contributed by atoms with Gasteiger partial charge in [-0.05, 0) is 36.3 Å². The van der Waals surface area contributed by atoms with Crippen LogP contribution in [0.3, 0.4) is 0 Å². The summed E-state index contributed by atoms with van der Waals surface area (Å²) in [7, 11) is 0. The highest BCUT2D eigenvalue weighted by atomic mass is 19.1. The van der Waals surface area contributed by atoms with Crippen molar-refractivity contribution in [2.75, 3.05) is 6.54 Å². The molecule has 1 aromatic rings. The average Bonchev–Trinajstić information content (AvgIpc) is 2.27. The Morgan fingerprint density at radius 3 is 3.12 bits per heavy atom.